The smallest absolute Gasteiger partial charge is 0.306 e. The van der Waals surface area contributed by atoms with Gasteiger partial charge in [-0.2, -0.15) is 4.98 Å². The SMILES string of the molecule is O=C(CC12CC3CC(CC(C3)C1)C2)OCc1nc(-c2ccccc2)no1. The lowest BCUT2D eigenvalue weighted by atomic mass is 9.49. The minimum Gasteiger partial charge on any atom is -0.456 e. The lowest BCUT2D eigenvalue weighted by Crippen LogP contribution is -2.47. The second kappa shape index (κ2) is 6.22. The van der Waals surface area contributed by atoms with Gasteiger partial charge in [0, 0.05) is 5.56 Å². The Kier molecular flexibility index (Phi) is 3.84. The van der Waals surface area contributed by atoms with Gasteiger partial charge in [-0.25, -0.2) is 0 Å². The van der Waals surface area contributed by atoms with Crippen molar-refractivity contribution in [1.82, 2.24) is 10.1 Å². The van der Waals surface area contributed by atoms with E-state index >= 15 is 0 Å². The van der Waals surface area contributed by atoms with Gasteiger partial charge >= 0.3 is 5.97 Å². The van der Waals surface area contributed by atoms with Crippen LogP contribution in [-0.2, 0) is 16.1 Å². The van der Waals surface area contributed by atoms with E-state index in [1.165, 1.54) is 38.5 Å². The second-order valence-corrected chi connectivity index (χ2v) is 8.63. The second-order valence-electron chi connectivity index (χ2n) is 8.63. The van der Waals surface area contributed by atoms with Crippen LogP contribution >= 0.6 is 0 Å². The van der Waals surface area contributed by atoms with Crippen molar-refractivity contribution in [2.45, 2.75) is 51.6 Å². The quantitative estimate of drug-likeness (QED) is 0.747. The molecule has 2 aromatic rings. The molecule has 1 heterocycles. The number of nitrogens with zero attached hydrogens (tertiary/aromatic N) is 2. The fourth-order valence-electron chi connectivity index (χ4n) is 6.02. The molecule has 4 bridgehead atoms. The van der Waals surface area contributed by atoms with Crippen molar-refractivity contribution in [2.24, 2.45) is 23.2 Å². The van der Waals surface area contributed by atoms with Crippen molar-refractivity contribution >= 4 is 5.97 Å². The van der Waals surface area contributed by atoms with Crippen LogP contribution in [0.3, 0.4) is 0 Å². The topological polar surface area (TPSA) is 65.2 Å². The molecule has 0 N–H and O–H groups in total. The van der Waals surface area contributed by atoms with Crippen molar-refractivity contribution in [3.8, 4) is 11.4 Å². The van der Waals surface area contributed by atoms with Gasteiger partial charge in [0.15, 0.2) is 6.61 Å². The normalized spacial score (nSPS) is 31.9. The standard InChI is InChI=1S/C21H24N2O3/c24-19(12-21-9-14-6-15(10-21)8-16(7-14)11-21)25-13-18-22-20(23-26-18)17-4-2-1-3-5-17/h1-5,14-16H,6-13H2. The monoisotopic (exact) mass is 352 g/mol. The van der Waals surface area contributed by atoms with Crippen LogP contribution in [0.1, 0.15) is 50.8 Å². The summed E-state index contributed by atoms with van der Waals surface area (Å²) in [5, 5.41) is 3.97. The van der Waals surface area contributed by atoms with E-state index in [9.17, 15) is 4.79 Å². The molecule has 5 nitrogen and oxygen atoms in total. The lowest BCUT2D eigenvalue weighted by Gasteiger charge is -2.56. The van der Waals surface area contributed by atoms with Crippen LogP contribution in [0.5, 0.6) is 0 Å². The van der Waals surface area contributed by atoms with Gasteiger partial charge in [-0.15, -0.1) is 0 Å². The number of hydrogen-bond donors (Lipinski definition) is 0. The van der Waals surface area contributed by atoms with E-state index in [1.807, 2.05) is 30.3 Å². The highest BCUT2D eigenvalue weighted by Gasteiger charge is 2.51. The zero-order valence-electron chi connectivity index (χ0n) is 14.9. The van der Waals surface area contributed by atoms with Crippen LogP contribution in [0.15, 0.2) is 34.9 Å². The van der Waals surface area contributed by atoms with Gasteiger partial charge in [-0.05, 0) is 61.7 Å². The molecule has 5 heteroatoms. The molecule has 0 spiro atoms. The first-order valence-corrected chi connectivity index (χ1v) is 9.71. The van der Waals surface area contributed by atoms with Crippen molar-refractivity contribution in [2.75, 3.05) is 0 Å². The van der Waals surface area contributed by atoms with Crippen molar-refractivity contribution in [3.05, 3.63) is 36.2 Å². The van der Waals surface area contributed by atoms with Gasteiger partial charge in [0.05, 0.1) is 6.42 Å². The van der Waals surface area contributed by atoms with Gasteiger partial charge in [0.2, 0.25) is 5.82 Å². The predicted molar refractivity (Wildman–Crippen MR) is 94.8 cm³/mol. The number of aromatic nitrogens is 2. The van der Waals surface area contributed by atoms with E-state index in [0.29, 0.717) is 18.1 Å². The van der Waals surface area contributed by atoms with E-state index in [2.05, 4.69) is 10.1 Å². The highest BCUT2D eigenvalue weighted by atomic mass is 16.6. The third-order valence-electron chi connectivity index (χ3n) is 6.54. The Hall–Kier alpha value is -2.17. The van der Waals surface area contributed by atoms with Gasteiger partial charge in [0.1, 0.15) is 0 Å². The molecule has 0 radical (unpaired) electrons. The summed E-state index contributed by atoms with van der Waals surface area (Å²) in [6, 6.07) is 9.64. The Morgan fingerprint density at radius 1 is 1.08 bits per heavy atom. The fourth-order valence-corrected chi connectivity index (χ4v) is 6.02. The molecule has 1 aromatic heterocycles. The number of carbonyl (C=O) groups is 1. The molecule has 26 heavy (non-hydrogen) atoms. The van der Waals surface area contributed by atoms with Gasteiger partial charge < -0.3 is 9.26 Å². The first-order valence-electron chi connectivity index (χ1n) is 9.71. The van der Waals surface area contributed by atoms with E-state index in [0.717, 1.165) is 23.3 Å². The highest BCUT2D eigenvalue weighted by molar-refractivity contribution is 5.70. The van der Waals surface area contributed by atoms with E-state index < -0.39 is 0 Å². The Bertz CT molecular complexity index is 763. The van der Waals surface area contributed by atoms with Gasteiger partial charge in [-0.1, -0.05) is 35.5 Å². The van der Waals surface area contributed by atoms with Crippen molar-refractivity contribution < 1.29 is 14.1 Å². The number of rotatable bonds is 5. The van der Waals surface area contributed by atoms with Crippen LogP contribution in [0.4, 0.5) is 0 Å². The Morgan fingerprint density at radius 2 is 1.73 bits per heavy atom. The van der Waals surface area contributed by atoms with E-state index in [-0.39, 0.29) is 18.0 Å². The summed E-state index contributed by atoms with van der Waals surface area (Å²) in [5.74, 6) is 3.29. The predicted octanol–water partition coefficient (Wildman–Crippen LogP) is 4.39. The molecule has 0 amide bonds. The number of esters is 1. The maximum absolute atomic E-state index is 12.5. The highest BCUT2D eigenvalue weighted by Crippen LogP contribution is 2.61. The van der Waals surface area contributed by atoms with Crippen LogP contribution in [-0.4, -0.2) is 16.1 Å². The summed E-state index contributed by atoms with van der Waals surface area (Å²) >= 11 is 0. The van der Waals surface area contributed by atoms with Crippen LogP contribution in [0.2, 0.25) is 0 Å². The van der Waals surface area contributed by atoms with Gasteiger partial charge in [0.25, 0.3) is 5.89 Å². The van der Waals surface area contributed by atoms with Crippen LogP contribution in [0, 0.1) is 23.2 Å². The van der Waals surface area contributed by atoms with Crippen LogP contribution in [0.25, 0.3) is 11.4 Å². The van der Waals surface area contributed by atoms with E-state index in [1.54, 1.807) is 0 Å². The molecule has 4 aliphatic rings. The third-order valence-corrected chi connectivity index (χ3v) is 6.54. The molecule has 0 unspecified atom stereocenters. The summed E-state index contributed by atoms with van der Waals surface area (Å²) in [6.45, 7) is 0.0605. The molecule has 6 rings (SSSR count). The molecule has 1 aromatic carbocycles. The minimum atomic E-state index is -0.119. The van der Waals surface area contributed by atoms with Crippen molar-refractivity contribution in [3.63, 3.8) is 0 Å². The Labute approximate surface area is 153 Å². The maximum atomic E-state index is 12.5. The third kappa shape index (κ3) is 3.04. The zero-order chi connectivity index (χ0) is 17.6. The van der Waals surface area contributed by atoms with Crippen LogP contribution < -0.4 is 0 Å². The molecule has 4 fully saturated rings. The summed E-state index contributed by atoms with van der Waals surface area (Å²) in [7, 11) is 0. The number of hydrogen-bond acceptors (Lipinski definition) is 5. The molecular weight excluding hydrogens is 328 g/mol. The number of ether oxygens (including phenoxy) is 1. The molecule has 4 aliphatic carbocycles. The molecule has 0 atom stereocenters. The largest absolute Gasteiger partial charge is 0.456 e. The molecule has 0 saturated heterocycles. The summed E-state index contributed by atoms with van der Waals surface area (Å²) in [6.07, 6.45) is 8.36. The first-order chi connectivity index (χ1) is 12.7. The maximum Gasteiger partial charge on any atom is 0.306 e. The van der Waals surface area contributed by atoms with Crippen molar-refractivity contribution in [1.29, 1.82) is 0 Å². The summed E-state index contributed by atoms with van der Waals surface area (Å²) in [4.78, 5) is 16.8. The summed E-state index contributed by atoms with van der Waals surface area (Å²) < 4.78 is 10.7. The molecule has 136 valence electrons. The Morgan fingerprint density at radius 3 is 2.38 bits per heavy atom. The molecular formula is C21H24N2O3. The van der Waals surface area contributed by atoms with Gasteiger partial charge in [-0.3, -0.25) is 4.79 Å². The lowest BCUT2D eigenvalue weighted by molar-refractivity contribution is -0.154. The zero-order valence-corrected chi connectivity index (χ0v) is 14.9. The summed E-state index contributed by atoms with van der Waals surface area (Å²) in [5.41, 5.74) is 1.10. The average molecular weight is 352 g/mol. The van der Waals surface area contributed by atoms with E-state index in [4.69, 9.17) is 9.26 Å². The molecule has 0 aliphatic heterocycles. The minimum absolute atomic E-state index is 0.0605. The fraction of sp³-hybridized carbons (Fsp3) is 0.571. The first kappa shape index (κ1) is 16.0. The number of carbonyl (C=O) groups excluding carboxylic acids is 1. The Balaban J connectivity index is 1.19. The average Bonchev–Trinajstić information content (AvgIpc) is 3.08. The number of benzene rings is 1. The molecule has 4 saturated carbocycles.